The van der Waals surface area contributed by atoms with Crippen LogP contribution in [0.15, 0.2) is 48.5 Å². The summed E-state index contributed by atoms with van der Waals surface area (Å²) in [5.74, 6) is -0.244. The van der Waals surface area contributed by atoms with Gasteiger partial charge in [0, 0.05) is 18.8 Å². The minimum Gasteiger partial charge on any atom is -0.385 e. The lowest BCUT2D eigenvalue weighted by Gasteiger charge is -2.26. The zero-order valence-electron chi connectivity index (χ0n) is 14.2. The predicted octanol–water partition coefficient (Wildman–Crippen LogP) is 3.73. The highest BCUT2D eigenvalue weighted by Crippen LogP contribution is 2.49. The first-order valence-electron chi connectivity index (χ1n) is 8.73. The highest BCUT2D eigenvalue weighted by molar-refractivity contribution is 5.89. The number of urea groups is 1. The number of nitrogens with one attached hydrogen (secondary N) is 1. The van der Waals surface area contributed by atoms with Crippen LogP contribution in [0.4, 0.5) is 19.3 Å². The fourth-order valence-electron chi connectivity index (χ4n) is 4.25. The minimum atomic E-state index is -0.956. The van der Waals surface area contributed by atoms with Crippen LogP contribution in [0.3, 0.4) is 0 Å². The maximum Gasteiger partial charge on any atom is 0.321 e. The maximum atomic E-state index is 13.1. The topological polar surface area (TPSA) is 52.6 Å². The molecule has 26 heavy (non-hydrogen) atoms. The van der Waals surface area contributed by atoms with Gasteiger partial charge in [-0.25, -0.2) is 13.6 Å². The van der Waals surface area contributed by atoms with Crippen LogP contribution < -0.4 is 5.32 Å². The number of amides is 2. The summed E-state index contributed by atoms with van der Waals surface area (Å²) in [5.41, 5.74) is 0.328. The van der Waals surface area contributed by atoms with Crippen LogP contribution in [0.2, 0.25) is 0 Å². The van der Waals surface area contributed by atoms with Gasteiger partial charge in [-0.2, -0.15) is 0 Å². The van der Waals surface area contributed by atoms with Crippen LogP contribution in [-0.2, 0) is 5.60 Å². The van der Waals surface area contributed by atoms with Crippen molar-refractivity contribution in [1.82, 2.24) is 4.90 Å². The van der Waals surface area contributed by atoms with E-state index in [0.717, 1.165) is 5.56 Å². The van der Waals surface area contributed by atoms with Crippen molar-refractivity contribution in [3.8, 4) is 0 Å². The number of benzene rings is 2. The van der Waals surface area contributed by atoms with E-state index in [1.54, 1.807) is 17.0 Å². The number of halogens is 2. The molecule has 1 saturated carbocycles. The average molecular weight is 358 g/mol. The first-order valence-corrected chi connectivity index (χ1v) is 8.73. The molecular weight excluding hydrogens is 338 g/mol. The van der Waals surface area contributed by atoms with Crippen molar-refractivity contribution < 1.29 is 18.7 Å². The van der Waals surface area contributed by atoms with Crippen LogP contribution in [0.5, 0.6) is 0 Å². The van der Waals surface area contributed by atoms with Crippen molar-refractivity contribution >= 4 is 11.7 Å². The van der Waals surface area contributed by atoms with Gasteiger partial charge in [-0.15, -0.1) is 0 Å². The number of likely N-dealkylation sites (tertiary alicyclic amines) is 1. The average Bonchev–Trinajstić information content (AvgIpc) is 3.13. The lowest BCUT2D eigenvalue weighted by Crippen LogP contribution is -2.35. The van der Waals surface area contributed by atoms with Crippen LogP contribution in [0.1, 0.15) is 18.4 Å². The fourth-order valence-corrected chi connectivity index (χ4v) is 4.25. The van der Waals surface area contributed by atoms with E-state index in [9.17, 15) is 18.7 Å². The van der Waals surface area contributed by atoms with Crippen molar-refractivity contribution in [2.24, 2.45) is 11.8 Å². The number of hydrogen-bond acceptors (Lipinski definition) is 2. The molecule has 1 heterocycles. The molecule has 1 saturated heterocycles. The third-order valence-corrected chi connectivity index (χ3v) is 5.54. The molecule has 0 spiro atoms. The summed E-state index contributed by atoms with van der Waals surface area (Å²) < 4.78 is 26.1. The van der Waals surface area contributed by atoms with Gasteiger partial charge in [0.05, 0.1) is 5.60 Å². The summed E-state index contributed by atoms with van der Waals surface area (Å²) in [7, 11) is 0. The van der Waals surface area contributed by atoms with Gasteiger partial charge in [0.2, 0.25) is 0 Å². The highest BCUT2D eigenvalue weighted by Gasteiger charge is 2.49. The first-order chi connectivity index (χ1) is 12.4. The molecule has 1 aliphatic carbocycles. The second kappa shape index (κ2) is 6.36. The fraction of sp³-hybridized carbons (Fsp3) is 0.350. The number of fused-ring (bicyclic) bond motifs is 1. The summed E-state index contributed by atoms with van der Waals surface area (Å²) in [6.07, 6.45) is 1.12. The summed E-state index contributed by atoms with van der Waals surface area (Å²) in [6.45, 7) is 1.14. The van der Waals surface area contributed by atoms with E-state index in [2.05, 4.69) is 5.32 Å². The normalized spacial score (nSPS) is 27.4. The molecular formula is C20H20F2N2O2. The Morgan fingerprint density at radius 3 is 2.00 bits per heavy atom. The Hall–Kier alpha value is -2.47. The van der Waals surface area contributed by atoms with Crippen molar-refractivity contribution in [3.05, 3.63) is 65.7 Å². The van der Waals surface area contributed by atoms with Gasteiger partial charge >= 0.3 is 6.03 Å². The molecule has 136 valence electrons. The molecule has 2 aliphatic rings. The van der Waals surface area contributed by atoms with Gasteiger partial charge in [0.1, 0.15) is 11.6 Å². The van der Waals surface area contributed by atoms with Gasteiger partial charge in [-0.3, -0.25) is 0 Å². The van der Waals surface area contributed by atoms with E-state index in [4.69, 9.17) is 0 Å². The van der Waals surface area contributed by atoms with Crippen LogP contribution in [-0.4, -0.2) is 29.1 Å². The summed E-state index contributed by atoms with van der Waals surface area (Å²) in [6, 6.07) is 11.4. The van der Waals surface area contributed by atoms with Crippen LogP contribution in [0, 0.1) is 23.5 Å². The van der Waals surface area contributed by atoms with Gasteiger partial charge in [-0.1, -0.05) is 12.1 Å². The lowest BCUT2D eigenvalue weighted by atomic mass is 9.90. The zero-order chi connectivity index (χ0) is 18.3. The molecule has 1 aliphatic heterocycles. The number of anilines is 1. The van der Waals surface area contributed by atoms with E-state index in [1.807, 2.05) is 0 Å². The van der Waals surface area contributed by atoms with Crippen molar-refractivity contribution in [2.75, 3.05) is 18.4 Å². The molecule has 6 heteroatoms. The van der Waals surface area contributed by atoms with Gasteiger partial charge in [0.25, 0.3) is 0 Å². The monoisotopic (exact) mass is 358 g/mol. The number of aliphatic hydroxyl groups is 1. The number of nitrogens with zero attached hydrogens (tertiary/aromatic N) is 1. The standard InChI is InChI=1S/C20H20F2N2O2/c21-16-3-1-15(2-4-16)20(26)9-13-11-24(12-14(13)10-20)19(25)23-18-7-5-17(22)6-8-18/h1-8,13-14,26H,9-12H2,(H,23,25)/t13-,14+,20-. The van der Waals surface area contributed by atoms with E-state index in [0.29, 0.717) is 31.6 Å². The van der Waals surface area contributed by atoms with Gasteiger partial charge in [-0.05, 0) is 66.6 Å². The number of carbonyl (C=O) groups is 1. The predicted molar refractivity (Wildman–Crippen MR) is 93.5 cm³/mol. The van der Waals surface area contributed by atoms with E-state index in [1.165, 1.54) is 36.4 Å². The Kier molecular flexibility index (Phi) is 4.15. The second-order valence-electron chi connectivity index (χ2n) is 7.31. The minimum absolute atomic E-state index is 0.212. The maximum absolute atomic E-state index is 13.1. The van der Waals surface area contributed by atoms with Crippen molar-refractivity contribution in [2.45, 2.75) is 18.4 Å². The molecule has 2 fully saturated rings. The Bertz CT molecular complexity index is 794. The molecule has 2 aromatic carbocycles. The Balaban J connectivity index is 1.39. The molecule has 2 N–H and O–H groups in total. The number of carbonyl (C=O) groups excluding carboxylic acids is 1. The molecule has 2 aromatic rings. The Morgan fingerprint density at radius 1 is 0.962 bits per heavy atom. The zero-order valence-corrected chi connectivity index (χ0v) is 14.2. The lowest BCUT2D eigenvalue weighted by molar-refractivity contribution is 0.0328. The van der Waals surface area contributed by atoms with E-state index >= 15 is 0 Å². The molecule has 4 rings (SSSR count). The van der Waals surface area contributed by atoms with Gasteiger partial charge in [0.15, 0.2) is 0 Å². The summed E-state index contributed by atoms with van der Waals surface area (Å²) in [4.78, 5) is 14.2. The van der Waals surface area contributed by atoms with Crippen molar-refractivity contribution in [3.63, 3.8) is 0 Å². The molecule has 0 aromatic heterocycles. The number of hydrogen-bond donors (Lipinski definition) is 2. The summed E-state index contributed by atoms with van der Waals surface area (Å²) >= 11 is 0. The SMILES string of the molecule is O=C(Nc1ccc(F)cc1)N1C[C@@H]2C[C@@](O)(c3ccc(F)cc3)C[C@@H]2C1. The van der Waals surface area contributed by atoms with Gasteiger partial charge < -0.3 is 15.3 Å². The molecule has 2 amide bonds. The van der Waals surface area contributed by atoms with E-state index in [-0.39, 0.29) is 29.5 Å². The molecule has 0 bridgehead atoms. The molecule has 3 atom stereocenters. The first kappa shape index (κ1) is 17.0. The quantitative estimate of drug-likeness (QED) is 0.860. The molecule has 0 unspecified atom stereocenters. The molecule has 0 radical (unpaired) electrons. The van der Waals surface area contributed by atoms with Crippen molar-refractivity contribution in [1.29, 1.82) is 0 Å². The third-order valence-electron chi connectivity index (χ3n) is 5.54. The number of rotatable bonds is 2. The largest absolute Gasteiger partial charge is 0.385 e. The van der Waals surface area contributed by atoms with Crippen LogP contribution in [0.25, 0.3) is 0 Å². The van der Waals surface area contributed by atoms with E-state index < -0.39 is 5.60 Å². The summed E-state index contributed by atoms with van der Waals surface area (Å²) in [5, 5.41) is 13.7. The molecule has 4 nitrogen and oxygen atoms in total. The Morgan fingerprint density at radius 2 is 1.46 bits per heavy atom. The Labute approximate surface area is 150 Å². The third kappa shape index (κ3) is 3.17. The second-order valence-corrected chi connectivity index (χ2v) is 7.31. The highest BCUT2D eigenvalue weighted by atomic mass is 19.1. The smallest absolute Gasteiger partial charge is 0.321 e. The van der Waals surface area contributed by atoms with Crippen LogP contribution >= 0.6 is 0 Å².